The number of fused-ring (bicyclic) bond motifs is 2. The molecule has 1 saturated carbocycles. The number of aromatic nitrogens is 2. The molecule has 0 N–H and O–H groups in total. The molecule has 1 aliphatic heterocycles. The van der Waals surface area contributed by atoms with Crippen LogP contribution in [0.5, 0.6) is 0 Å². The van der Waals surface area contributed by atoms with Crippen LogP contribution in [-0.2, 0) is 15.7 Å². The van der Waals surface area contributed by atoms with Crippen molar-refractivity contribution in [3.63, 3.8) is 0 Å². The third-order valence-electron chi connectivity index (χ3n) is 4.61. The average molecular weight is 350 g/mol. The Morgan fingerprint density at radius 2 is 2.17 bits per heavy atom. The molecule has 0 spiro atoms. The first kappa shape index (κ1) is 16.3. The Bertz CT molecular complexity index is 626. The van der Waals surface area contributed by atoms with Crippen molar-refractivity contribution >= 4 is 23.4 Å². The highest BCUT2D eigenvalue weighted by Crippen LogP contribution is 2.45. The lowest BCUT2D eigenvalue weighted by molar-refractivity contribution is -0.142. The van der Waals surface area contributed by atoms with E-state index in [0.29, 0.717) is 13.0 Å². The standard InChI is InChI=1S/C14H15ClF3N3O2/c1-23-12(22)4-7-2-9-3-8(7)6-21(9)11-5-10(14(16,17)18)19-13(15)20-11/h5,7-9H,2-4,6H2,1H3. The first-order chi connectivity index (χ1) is 10.8. The number of hydrogen-bond acceptors (Lipinski definition) is 5. The number of halogens is 4. The number of anilines is 1. The largest absolute Gasteiger partial charge is 0.469 e. The van der Waals surface area contributed by atoms with E-state index in [1.165, 1.54) is 7.11 Å². The fraction of sp³-hybridized carbons (Fsp3) is 0.643. The molecule has 1 aromatic heterocycles. The van der Waals surface area contributed by atoms with Gasteiger partial charge in [-0.15, -0.1) is 0 Å². The van der Waals surface area contributed by atoms with Gasteiger partial charge in [0.05, 0.1) is 7.11 Å². The molecule has 1 aromatic rings. The molecule has 0 aromatic carbocycles. The van der Waals surface area contributed by atoms with Crippen molar-refractivity contribution < 1.29 is 22.7 Å². The number of hydrogen-bond donors (Lipinski definition) is 0. The Morgan fingerprint density at radius 1 is 1.43 bits per heavy atom. The number of carbonyl (C=O) groups is 1. The van der Waals surface area contributed by atoms with Crippen molar-refractivity contribution in [3.8, 4) is 0 Å². The van der Waals surface area contributed by atoms with Crippen LogP contribution < -0.4 is 4.90 Å². The molecule has 2 heterocycles. The predicted octanol–water partition coefficient (Wildman–Crippen LogP) is 2.93. The number of alkyl halides is 3. The molecule has 2 bridgehead atoms. The van der Waals surface area contributed by atoms with E-state index in [9.17, 15) is 18.0 Å². The predicted molar refractivity (Wildman–Crippen MR) is 76.0 cm³/mol. The summed E-state index contributed by atoms with van der Waals surface area (Å²) < 4.78 is 43.2. The van der Waals surface area contributed by atoms with Crippen LogP contribution in [0.2, 0.25) is 5.28 Å². The van der Waals surface area contributed by atoms with Crippen LogP contribution in [0.4, 0.5) is 19.0 Å². The van der Waals surface area contributed by atoms with E-state index in [2.05, 4.69) is 14.7 Å². The number of esters is 1. The van der Waals surface area contributed by atoms with E-state index in [0.717, 1.165) is 18.9 Å². The van der Waals surface area contributed by atoms with E-state index < -0.39 is 17.2 Å². The lowest BCUT2D eigenvalue weighted by Crippen LogP contribution is -2.37. The van der Waals surface area contributed by atoms with Gasteiger partial charge in [0.25, 0.3) is 0 Å². The number of ether oxygens (including phenoxy) is 1. The molecule has 1 saturated heterocycles. The highest BCUT2D eigenvalue weighted by atomic mass is 35.5. The maximum atomic E-state index is 12.8. The number of nitrogens with zero attached hydrogens (tertiary/aromatic N) is 3. The van der Waals surface area contributed by atoms with Crippen LogP contribution >= 0.6 is 11.6 Å². The molecule has 23 heavy (non-hydrogen) atoms. The Hall–Kier alpha value is -1.57. The van der Waals surface area contributed by atoms with Crippen LogP contribution in [0.3, 0.4) is 0 Å². The first-order valence-corrected chi connectivity index (χ1v) is 7.61. The van der Waals surface area contributed by atoms with Gasteiger partial charge in [0, 0.05) is 25.1 Å². The van der Waals surface area contributed by atoms with Gasteiger partial charge in [-0.1, -0.05) is 0 Å². The van der Waals surface area contributed by atoms with E-state index in [1.807, 2.05) is 4.90 Å². The zero-order valence-electron chi connectivity index (χ0n) is 12.3. The van der Waals surface area contributed by atoms with Crippen LogP contribution in [0.25, 0.3) is 0 Å². The Labute approximate surface area is 135 Å². The fourth-order valence-electron chi connectivity index (χ4n) is 3.59. The SMILES string of the molecule is COC(=O)CC1CC2CC1CN2c1cc(C(F)(F)F)nc(Cl)n1. The van der Waals surface area contributed by atoms with Crippen LogP contribution in [0.1, 0.15) is 25.0 Å². The second-order valence-electron chi connectivity index (χ2n) is 5.96. The maximum Gasteiger partial charge on any atom is 0.433 e. The topological polar surface area (TPSA) is 55.3 Å². The smallest absolute Gasteiger partial charge is 0.433 e. The summed E-state index contributed by atoms with van der Waals surface area (Å²) in [6, 6.07) is 1.00. The van der Waals surface area contributed by atoms with Gasteiger partial charge in [0.1, 0.15) is 5.82 Å². The molecule has 2 fully saturated rings. The summed E-state index contributed by atoms with van der Waals surface area (Å²) in [5.74, 6) is 0.408. The third kappa shape index (κ3) is 3.22. The van der Waals surface area contributed by atoms with Gasteiger partial charge in [-0.25, -0.2) is 9.97 Å². The van der Waals surface area contributed by atoms with Crippen LogP contribution in [0.15, 0.2) is 6.07 Å². The summed E-state index contributed by atoms with van der Waals surface area (Å²) in [7, 11) is 1.35. The van der Waals surface area contributed by atoms with Crippen molar-refractivity contribution in [2.24, 2.45) is 11.8 Å². The van der Waals surface area contributed by atoms with Crippen molar-refractivity contribution in [2.75, 3.05) is 18.6 Å². The van der Waals surface area contributed by atoms with Crippen molar-refractivity contribution in [1.29, 1.82) is 0 Å². The van der Waals surface area contributed by atoms with E-state index >= 15 is 0 Å². The van der Waals surface area contributed by atoms with Gasteiger partial charge >= 0.3 is 12.1 Å². The molecule has 0 amide bonds. The lowest BCUT2D eigenvalue weighted by atomic mass is 9.91. The monoisotopic (exact) mass is 349 g/mol. The van der Waals surface area contributed by atoms with Gasteiger partial charge in [0.15, 0.2) is 5.69 Å². The van der Waals surface area contributed by atoms with E-state index in [1.54, 1.807) is 0 Å². The van der Waals surface area contributed by atoms with Crippen LogP contribution in [-0.4, -0.2) is 35.6 Å². The van der Waals surface area contributed by atoms with E-state index in [4.69, 9.17) is 11.6 Å². The Morgan fingerprint density at radius 3 is 2.74 bits per heavy atom. The molecule has 9 heteroatoms. The minimum atomic E-state index is -4.56. The van der Waals surface area contributed by atoms with Crippen molar-refractivity contribution in [3.05, 3.63) is 17.0 Å². The zero-order chi connectivity index (χ0) is 16.8. The number of carbonyl (C=O) groups excluding carboxylic acids is 1. The summed E-state index contributed by atoms with van der Waals surface area (Å²) in [5, 5.41) is -0.413. The maximum absolute atomic E-state index is 12.8. The lowest BCUT2D eigenvalue weighted by Gasteiger charge is -2.32. The Balaban J connectivity index is 1.76. The fourth-order valence-corrected chi connectivity index (χ4v) is 3.76. The van der Waals surface area contributed by atoms with Crippen molar-refractivity contribution in [1.82, 2.24) is 9.97 Å². The highest BCUT2D eigenvalue weighted by molar-refractivity contribution is 6.28. The molecule has 1 aliphatic carbocycles. The summed E-state index contributed by atoms with van der Waals surface area (Å²) in [4.78, 5) is 20.4. The molecule has 0 radical (unpaired) electrons. The molecule has 126 valence electrons. The number of methoxy groups -OCH3 is 1. The van der Waals surface area contributed by atoms with Gasteiger partial charge in [-0.05, 0) is 36.3 Å². The molecule has 3 unspecified atom stereocenters. The summed E-state index contributed by atoms with van der Waals surface area (Å²) in [6.45, 7) is 0.566. The minimum absolute atomic E-state index is 0.0710. The van der Waals surface area contributed by atoms with Crippen LogP contribution in [0, 0.1) is 11.8 Å². The third-order valence-corrected chi connectivity index (χ3v) is 4.78. The number of rotatable bonds is 3. The average Bonchev–Trinajstić information content (AvgIpc) is 3.05. The first-order valence-electron chi connectivity index (χ1n) is 7.23. The summed E-state index contributed by atoms with van der Waals surface area (Å²) in [5.41, 5.74) is -1.04. The van der Waals surface area contributed by atoms with Gasteiger partial charge in [-0.3, -0.25) is 4.79 Å². The van der Waals surface area contributed by atoms with E-state index in [-0.39, 0.29) is 29.7 Å². The summed E-state index contributed by atoms with van der Waals surface area (Å²) >= 11 is 5.64. The number of piperidine rings is 1. The molecular weight excluding hydrogens is 335 g/mol. The normalized spacial score (nSPS) is 26.7. The quantitative estimate of drug-likeness (QED) is 0.620. The summed E-state index contributed by atoms with van der Waals surface area (Å²) in [6.07, 6.45) is -2.63. The highest BCUT2D eigenvalue weighted by Gasteiger charge is 2.46. The van der Waals surface area contributed by atoms with Gasteiger partial charge in [-0.2, -0.15) is 13.2 Å². The van der Waals surface area contributed by atoms with Gasteiger partial charge in [0.2, 0.25) is 5.28 Å². The zero-order valence-corrected chi connectivity index (χ0v) is 13.1. The Kier molecular flexibility index (Phi) is 4.12. The molecule has 3 rings (SSSR count). The minimum Gasteiger partial charge on any atom is -0.469 e. The molecular formula is C14H15ClF3N3O2. The molecule has 3 atom stereocenters. The molecule has 5 nitrogen and oxygen atoms in total. The second-order valence-corrected chi connectivity index (χ2v) is 6.29. The van der Waals surface area contributed by atoms with Gasteiger partial charge < -0.3 is 9.64 Å². The molecule has 2 aliphatic rings. The van der Waals surface area contributed by atoms with Crippen molar-refractivity contribution in [2.45, 2.75) is 31.5 Å². The second kappa shape index (κ2) is 5.81.